The lowest BCUT2D eigenvalue weighted by Crippen LogP contribution is -2.54. The monoisotopic (exact) mass is 380 g/mol. The molecule has 1 aromatic heterocycles. The first kappa shape index (κ1) is 19.7. The van der Waals surface area contributed by atoms with Crippen molar-refractivity contribution in [1.29, 1.82) is 0 Å². The maximum atomic E-state index is 12.2. The molecule has 1 aromatic rings. The average molecular weight is 381 g/mol. The Balaban J connectivity index is 1.58. The summed E-state index contributed by atoms with van der Waals surface area (Å²) in [6, 6.07) is 0. The van der Waals surface area contributed by atoms with E-state index >= 15 is 0 Å². The predicted molar refractivity (Wildman–Crippen MR) is 105 cm³/mol. The van der Waals surface area contributed by atoms with E-state index in [1.165, 1.54) is 5.56 Å². The van der Waals surface area contributed by atoms with Gasteiger partial charge in [-0.15, -0.1) is 0 Å². The highest BCUT2D eigenvalue weighted by atomic mass is 32.2. The summed E-state index contributed by atoms with van der Waals surface area (Å²) < 4.78 is 1.89. The van der Waals surface area contributed by atoms with E-state index in [0.29, 0.717) is 5.75 Å². The average Bonchev–Trinajstić information content (AvgIpc) is 2.94. The minimum atomic E-state index is 0.185. The van der Waals surface area contributed by atoms with Crippen molar-refractivity contribution in [3.05, 3.63) is 17.5 Å². The van der Waals surface area contributed by atoms with Crippen molar-refractivity contribution in [2.45, 2.75) is 32.7 Å². The smallest absolute Gasteiger partial charge is 0.232 e. The molecule has 146 valence electrons. The van der Waals surface area contributed by atoms with E-state index in [1.54, 1.807) is 11.8 Å². The van der Waals surface area contributed by atoms with Gasteiger partial charge < -0.3 is 10.0 Å². The molecule has 1 spiro atoms. The molecule has 0 bridgehead atoms. The molecule has 3 heterocycles. The summed E-state index contributed by atoms with van der Waals surface area (Å²) in [6.45, 7) is 6.90. The Morgan fingerprint density at radius 2 is 2.04 bits per heavy atom. The molecule has 0 unspecified atom stereocenters. The number of carbonyl (C=O) groups excluding carboxylic acids is 1. The lowest BCUT2D eigenvalue weighted by atomic mass is 9.64. The number of aromatic nitrogens is 2. The summed E-state index contributed by atoms with van der Waals surface area (Å²) in [5, 5.41) is 14.5. The fourth-order valence-electron chi connectivity index (χ4n) is 4.66. The zero-order chi connectivity index (χ0) is 18.7. The number of likely N-dealkylation sites (tertiary alicyclic amines) is 2. The lowest BCUT2D eigenvalue weighted by Gasteiger charge is -2.51. The van der Waals surface area contributed by atoms with Crippen LogP contribution in [0, 0.1) is 18.3 Å². The van der Waals surface area contributed by atoms with E-state index in [4.69, 9.17) is 0 Å². The first-order valence-corrected chi connectivity index (χ1v) is 11.0. The van der Waals surface area contributed by atoms with Crippen LogP contribution in [-0.2, 0) is 18.4 Å². The second-order valence-corrected chi connectivity index (χ2v) is 8.82. The van der Waals surface area contributed by atoms with Gasteiger partial charge in [-0.2, -0.15) is 16.9 Å². The highest BCUT2D eigenvalue weighted by molar-refractivity contribution is 7.99. The molecule has 3 rings (SSSR count). The van der Waals surface area contributed by atoms with E-state index in [1.807, 2.05) is 22.9 Å². The fourth-order valence-corrected chi connectivity index (χ4v) is 5.09. The zero-order valence-electron chi connectivity index (χ0n) is 16.3. The Kier molecular flexibility index (Phi) is 6.30. The van der Waals surface area contributed by atoms with Crippen LogP contribution >= 0.6 is 11.8 Å². The third-order valence-electron chi connectivity index (χ3n) is 6.39. The Bertz CT molecular complexity index is 625. The van der Waals surface area contributed by atoms with Gasteiger partial charge in [0.05, 0.1) is 11.4 Å². The molecule has 2 fully saturated rings. The maximum absolute atomic E-state index is 12.2. The van der Waals surface area contributed by atoms with Crippen molar-refractivity contribution in [3.8, 4) is 0 Å². The van der Waals surface area contributed by atoms with Gasteiger partial charge in [-0.1, -0.05) is 0 Å². The van der Waals surface area contributed by atoms with Crippen LogP contribution in [0.3, 0.4) is 0 Å². The van der Waals surface area contributed by atoms with Gasteiger partial charge in [0.25, 0.3) is 0 Å². The van der Waals surface area contributed by atoms with Gasteiger partial charge >= 0.3 is 0 Å². The highest BCUT2D eigenvalue weighted by Crippen LogP contribution is 2.45. The number of carbonyl (C=O) groups is 1. The highest BCUT2D eigenvalue weighted by Gasteiger charge is 2.45. The molecule has 0 saturated carbocycles. The van der Waals surface area contributed by atoms with Crippen LogP contribution in [0.25, 0.3) is 0 Å². The number of aryl methyl sites for hydroxylation is 2. The van der Waals surface area contributed by atoms with E-state index < -0.39 is 0 Å². The molecule has 0 aromatic carbocycles. The van der Waals surface area contributed by atoms with Crippen LogP contribution in [-0.4, -0.2) is 75.4 Å². The molecule has 6 nitrogen and oxygen atoms in total. The second-order valence-electron chi connectivity index (χ2n) is 7.95. The van der Waals surface area contributed by atoms with Crippen LogP contribution < -0.4 is 0 Å². The predicted octanol–water partition coefficient (Wildman–Crippen LogP) is 1.51. The third kappa shape index (κ3) is 4.10. The molecule has 1 amide bonds. The number of aliphatic hydroxyl groups excluding tert-OH is 1. The number of amides is 1. The molecule has 2 aliphatic heterocycles. The van der Waals surface area contributed by atoms with Gasteiger partial charge in [0, 0.05) is 51.0 Å². The van der Waals surface area contributed by atoms with Crippen molar-refractivity contribution in [2.75, 3.05) is 44.8 Å². The molecular weight excluding hydrogens is 348 g/mol. The molecule has 0 radical (unpaired) electrons. The second kappa shape index (κ2) is 8.31. The third-order valence-corrected chi connectivity index (χ3v) is 6.92. The van der Waals surface area contributed by atoms with Gasteiger partial charge in [0.15, 0.2) is 0 Å². The number of hydrogen-bond donors (Lipinski definition) is 1. The van der Waals surface area contributed by atoms with E-state index in [2.05, 4.69) is 23.1 Å². The molecular formula is C19H32N4O2S. The SMILES string of the molecule is CSCC(=O)N1CCC2(CCN(Cc3cn(C)nc3C)CC2)[C@H](CO)C1. The molecule has 2 aliphatic rings. The van der Waals surface area contributed by atoms with Crippen molar-refractivity contribution in [3.63, 3.8) is 0 Å². The van der Waals surface area contributed by atoms with Crippen molar-refractivity contribution < 1.29 is 9.90 Å². The summed E-state index contributed by atoms with van der Waals surface area (Å²) >= 11 is 1.58. The number of hydrogen-bond acceptors (Lipinski definition) is 5. The van der Waals surface area contributed by atoms with Gasteiger partial charge in [-0.3, -0.25) is 14.4 Å². The minimum Gasteiger partial charge on any atom is -0.396 e. The van der Waals surface area contributed by atoms with Crippen LogP contribution in [0.2, 0.25) is 0 Å². The standard InChI is InChI=1S/C19H32N4O2S/c1-15-16(10-21(2)20-15)11-22-7-4-19(5-8-22)6-9-23(12-17(19)13-24)18(25)14-26-3/h10,17,24H,4-9,11-14H2,1-3H3/t17-/m0/s1. The Labute approximate surface area is 160 Å². The summed E-state index contributed by atoms with van der Waals surface area (Å²) in [6.07, 6.45) is 7.33. The Hall–Kier alpha value is -1.05. The molecule has 1 N–H and O–H groups in total. The van der Waals surface area contributed by atoms with Gasteiger partial charge in [0.1, 0.15) is 0 Å². The largest absolute Gasteiger partial charge is 0.396 e. The Morgan fingerprint density at radius 1 is 1.35 bits per heavy atom. The number of aliphatic hydroxyl groups is 1. The molecule has 26 heavy (non-hydrogen) atoms. The van der Waals surface area contributed by atoms with Crippen molar-refractivity contribution >= 4 is 17.7 Å². The number of nitrogens with zero attached hydrogens (tertiary/aromatic N) is 4. The van der Waals surface area contributed by atoms with E-state index in [0.717, 1.165) is 57.7 Å². The van der Waals surface area contributed by atoms with Gasteiger partial charge in [0.2, 0.25) is 5.91 Å². The van der Waals surface area contributed by atoms with Crippen molar-refractivity contribution in [1.82, 2.24) is 19.6 Å². The van der Waals surface area contributed by atoms with Crippen molar-refractivity contribution in [2.24, 2.45) is 18.4 Å². The maximum Gasteiger partial charge on any atom is 0.232 e. The Morgan fingerprint density at radius 3 is 2.62 bits per heavy atom. The van der Waals surface area contributed by atoms with E-state index in [-0.39, 0.29) is 23.8 Å². The number of rotatable bonds is 5. The number of piperidine rings is 2. The van der Waals surface area contributed by atoms with Crippen LogP contribution in [0.5, 0.6) is 0 Å². The summed E-state index contributed by atoms with van der Waals surface area (Å²) in [4.78, 5) is 16.7. The molecule has 2 saturated heterocycles. The molecule has 7 heteroatoms. The fraction of sp³-hybridized carbons (Fsp3) is 0.789. The van der Waals surface area contributed by atoms with Gasteiger partial charge in [-0.25, -0.2) is 0 Å². The molecule has 0 aliphatic carbocycles. The van der Waals surface area contributed by atoms with Crippen LogP contribution in [0.15, 0.2) is 6.20 Å². The van der Waals surface area contributed by atoms with Crippen LogP contribution in [0.4, 0.5) is 0 Å². The minimum absolute atomic E-state index is 0.185. The first-order chi connectivity index (χ1) is 12.5. The quantitative estimate of drug-likeness (QED) is 0.839. The van der Waals surface area contributed by atoms with Crippen LogP contribution in [0.1, 0.15) is 30.5 Å². The summed E-state index contributed by atoms with van der Waals surface area (Å²) in [5.74, 6) is 0.975. The van der Waals surface area contributed by atoms with Gasteiger partial charge in [-0.05, 0) is 50.9 Å². The molecule has 1 atom stereocenters. The summed E-state index contributed by atoms with van der Waals surface area (Å²) in [5.41, 5.74) is 2.62. The zero-order valence-corrected chi connectivity index (χ0v) is 17.1. The summed E-state index contributed by atoms with van der Waals surface area (Å²) in [7, 11) is 1.97. The number of thioether (sulfide) groups is 1. The normalized spacial score (nSPS) is 23.5. The lowest BCUT2D eigenvalue weighted by molar-refractivity contribution is -0.135. The topological polar surface area (TPSA) is 61.6 Å². The van der Waals surface area contributed by atoms with E-state index in [9.17, 15) is 9.90 Å². The first-order valence-electron chi connectivity index (χ1n) is 9.56.